The molecule has 0 aromatic heterocycles. The Morgan fingerprint density at radius 2 is 1.67 bits per heavy atom. The first-order chi connectivity index (χ1) is 17.3. The molecule has 2 aliphatic rings. The number of carboxylic acids is 1. The highest BCUT2D eigenvalue weighted by Gasteiger charge is 2.41. The molecule has 0 saturated carbocycles. The molecular weight excluding hydrogens is 465 g/mol. The van der Waals surface area contributed by atoms with Crippen LogP contribution in [-0.4, -0.2) is 64.4 Å². The lowest BCUT2D eigenvalue weighted by atomic mass is 9.82. The second kappa shape index (κ2) is 10.6. The molecule has 0 bridgehead atoms. The topological polar surface area (TPSA) is 104 Å². The predicted octanol–water partition coefficient (Wildman–Crippen LogP) is 3.89. The molecule has 0 fully saturated rings. The Hall–Kier alpha value is -3.62. The molecule has 2 N–H and O–H groups in total. The maximum atomic E-state index is 15.3. The van der Waals surface area contributed by atoms with E-state index in [1.165, 1.54) is 13.2 Å². The zero-order valence-corrected chi connectivity index (χ0v) is 19.8. The average molecular weight is 494 g/mol. The quantitative estimate of drug-likeness (QED) is 0.487. The van der Waals surface area contributed by atoms with E-state index in [0.717, 1.165) is 10.5 Å². The second-order valence-corrected chi connectivity index (χ2v) is 9.03. The zero-order valence-electron chi connectivity index (χ0n) is 19.8. The monoisotopic (exact) mass is 493 g/mol. The number of imide groups is 1. The van der Waals surface area contributed by atoms with Gasteiger partial charge in [0.2, 0.25) is 0 Å². The number of aliphatic hydroxyl groups excluding tert-OH is 1. The molecule has 1 aliphatic carbocycles. The van der Waals surface area contributed by atoms with E-state index in [2.05, 4.69) is 0 Å². The van der Waals surface area contributed by atoms with Crippen molar-refractivity contribution in [2.75, 3.05) is 13.7 Å². The highest BCUT2D eigenvalue weighted by atomic mass is 19.1. The van der Waals surface area contributed by atoms with Crippen LogP contribution in [0.25, 0.3) is 5.57 Å². The molecular formula is C28H28FNO6. The third-order valence-corrected chi connectivity index (χ3v) is 6.98. The highest BCUT2D eigenvalue weighted by molar-refractivity contribution is 6.21. The molecule has 36 heavy (non-hydrogen) atoms. The van der Waals surface area contributed by atoms with E-state index >= 15 is 4.39 Å². The van der Waals surface area contributed by atoms with E-state index in [1.807, 2.05) is 30.3 Å². The summed E-state index contributed by atoms with van der Waals surface area (Å²) >= 11 is 0. The number of amides is 2. The molecule has 4 rings (SSSR count). The lowest BCUT2D eigenvalue weighted by Gasteiger charge is -2.35. The number of ether oxygens (including phenoxy) is 1. The van der Waals surface area contributed by atoms with E-state index in [-0.39, 0.29) is 36.9 Å². The van der Waals surface area contributed by atoms with Crippen LogP contribution in [0, 0.1) is 5.92 Å². The molecule has 0 radical (unpaired) electrons. The number of hydrogen-bond acceptors (Lipinski definition) is 5. The normalized spacial score (nSPS) is 22.8. The van der Waals surface area contributed by atoms with Crippen LogP contribution in [0.15, 0.2) is 72.8 Å². The zero-order chi connectivity index (χ0) is 25.9. The molecule has 4 unspecified atom stereocenters. The van der Waals surface area contributed by atoms with Crippen LogP contribution < -0.4 is 0 Å². The van der Waals surface area contributed by atoms with Crippen molar-refractivity contribution in [3.63, 3.8) is 0 Å². The van der Waals surface area contributed by atoms with Gasteiger partial charge in [0.1, 0.15) is 5.60 Å². The first kappa shape index (κ1) is 25.5. The van der Waals surface area contributed by atoms with E-state index in [1.54, 1.807) is 36.4 Å². The number of halogens is 1. The minimum atomic E-state index is -1.50. The standard InChI is InChI=1S/C28H28FNO6/c1-36-28(14-11-19(17-24(28)29)18-7-3-2-4-8-18)15-12-23(31)22(27(34)35)13-16-30-25(32)20-9-5-6-10-21(20)26(30)33/h2-11,14,17,22-24,31H,12-13,15-16H2,1H3,(H,34,35). The molecule has 4 atom stereocenters. The Kier molecular flexibility index (Phi) is 7.47. The molecule has 8 heteroatoms. The van der Waals surface area contributed by atoms with Crippen molar-refractivity contribution in [1.82, 2.24) is 4.90 Å². The Labute approximate surface area is 208 Å². The largest absolute Gasteiger partial charge is 0.481 e. The van der Waals surface area contributed by atoms with Crippen LogP contribution in [0.5, 0.6) is 0 Å². The van der Waals surface area contributed by atoms with Gasteiger partial charge in [-0.3, -0.25) is 19.3 Å². The van der Waals surface area contributed by atoms with Gasteiger partial charge in [-0.25, -0.2) is 4.39 Å². The number of aliphatic carboxylic acids is 1. The molecule has 1 aliphatic heterocycles. The molecule has 2 aromatic carbocycles. The summed E-state index contributed by atoms with van der Waals surface area (Å²) in [6.07, 6.45) is 1.86. The lowest BCUT2D eigenvalue weighted by Crippen LogP contribution is -2.42. The fourth-order valence-electron chi connectivity index (χ4n) is 4.77. The number of allylic oxidation sites excluding steroid dienone is 2. The van der Waals surface area contributed by atoms with Gasteiger partial charge in [0.15, 0.2) is 6.17 Å². The Bertz CT molecular complexity index is 1170. The van der Waals surface area contributed by atoms with Crippen molar-refractivity contribution in [3.05, 3.63) is 89.5 Å². The maximum Gasteiger partial charge on any atom is 0.309 e. The molecule has 2 amide bonds. The Balaban J connectivity index is 1.39. The van der Waals surface area contributed by atoms with Gasteiger partial charge < -0.3 is 14.9 Å². The van der Waals surface area contributed by atoms with Gasteiger partial charge in [-0.15, -0.1) is 0 Å². The van der Waals surface area contributed by atoms with Crippen molar-refractivity contribution in [2.45, 2.75) is 37.1 Å². The number of aliphatic hydroxyl groups is 1. The number of carbonyl (C=O) groups is 3. The first-order valence-electron chi connectivity index (χ1n) is 11.8. The first-order valence-corrected chi connectivity index (χ1v) is 11.8. The maximum absolute atomic E-state index is 15.3. The fourth-order valence-corrected chi connectivity index (χ4v) is 4.77. The fraction of sp³-hybridized carbons (Fsp3) is 0.321. The van der Waals surface area contributed by atoms with Crippen LogP contribution in [0.4, 0.5) is 4.39 Å². The van der Waals surface area contributed by atoms with Crippen LogP contribution in [0.1, 0.15) is 45.5 Å². The Morgan fingerprint density at radius 3 is 2.22 bits per heavy atom. The number of carboxylic acid groups (broad SMARTS) is 1. The van der Waals surface area contributed by atoms with Gasteiger partial charge in [0, 0.05) is 13.7 Å². The predicted molar refractivity (Wildman–Crippen MR) is 131 cm³/mol. The number of benzene rings is 2. The van der Waals surface area contributed by atoms with Crippen LogP contribution in [0.2, 0.25) is 0 Å². The van der Waals surface area contributed by atoms with Gasteiger partial charge in [0.25, 0.3) is 11.8 Å². The van der Waals surface area contributed by atoms with E-state index in [4.69, 9.17) is 4.74 Å². The van der Waals surface area contributed by atoms with Crippen molar-refractivity contribution >= 4 is 23.4 Å². The Morgan fingerprint density at radius 1 is 1.06 bits per heavy atom. The van der Waals surface area contributed by atoms with Crippen LogP contribution in [0.3, 0.4) is 0 Å². The molecule has 1 heterocycles. The smallest absolute Gasteiger partial charge is 0.309 e. The minimum Gasteiger partial charge on any atom is -0.481 e. The average Bonchev–Trinajstić information content (AvgIpc) is 3.13. The van der Waals surface area contributed by atoms with Crippen molar-refractivity contribution < 1.29 is 33.7 Å². The number of methoxy groups -OCH3 is 1. The van der Waals surface area contributed by atoms with Gasteiger partial charge in [-0.05, 0) is 54.7 Å². The summed E-state index contributed by atoms with van der Waals surface area (Å²) < 4.78 is 20.8. The minimum absolute atomic E-state index is 0.0394. The van der Waals surface area contributed by atoms with E-state index < -0.39 is 41.6 Å². The summed E-state index contributed by atoms with van der Waals surface area (Å²) in [7, 11) is 1.38. The van der Waals surface area contributed by atoms with Gasteiger partial charge >= 0.3 is 5.97 Å². The number of alkyl halides is 1. The molecule has 188 valence electrons. The lowest BCUT2D eigenvalue weighted by molar-refractivity contribution is -0.146. The van der Waals surface area contributed by atoms with Crippen molar-refractivity contribution in [2.24, 2.45) is 5.92 Å². The van der Waals surface area contributed by atoms with Gasteiger partial charge in [-0.1, -0.05) is 48.5 Å². The number of nitrogens with zero attached hydrogens (tertiary/aromatic N) is 1. The van der Waals surface area contributed by atoms with Crippen LogP contribution in [-0.2, 0) is 9.53 Å². The second-order valence-electron chi connectivity index (χ2n) is 9.03. The number of hydrogen-bond donors (Lipinski definition) is 2. The molecule has 7 nitrogen and oxygen atoms in total. The SMILES string of the molecule is COC1(CCC(O)C(CCN2C(=O)c3ccccc3C2=O)C(=O)O)C=CC(c2ccccc2)=CC1F. The van der Waals surface area contributed by atoms with Crippen molar-refractivity contribution in [1.29, 1.82) is 0 Å². The van der Waals surface area contributed by atoms with Crippen molar-refractivity contribution in [3.8, 4) is 0 Å². The third-order valence-electron chi connectivity index (χ3n) is 6.98. The van der Waals surface area contributed by atoms with Gasteiger partial charge in [0.05, 0.1) is 23.1 Å². The third kappa shape index (κ3) is 4.87. The van der Waals surface area contributed by atoms with E-state index in [9.17, 15) is 24.6 Å². The summed E-state index contributed by atoms with van der Waals surface area (Å²) in [5.74, 6) is -3.47. The summed E-state index contributed by atoms with van der Waals surface area (Å²) in [4.78, 5) is 38.0. The summed E-state index contributed by atoms with van der Waals surface area (Å²) in [5, 5.41) is 20.4. The number of carbonyl (C=O) groups excluding carboxylic acids is 2. The highest BCUT2D eigenvalue weighted by Crippen LogP contribution is 2.36. The molecule has 0 saturated heterocycles. The summed E-state index contributed by atoms with van der Waals surface area (Å²) in [5.41, 5.74) is 0.780. The number of rotatable bonds is 10. The van der Waals surface area contributed by atoms with Crippen LogP contribution >= 0.6 is 0 Å². The molecule has 0 spiro atoms. The summed E-state index contributed by atoms with van der Waals surface area (Å²) in [6.45, 7) is -0.148. The van der Waals surface area contributed by atoms with Gasteiger partial charge in [-0.2, -0.15) is 0 Å². The number of fused-ring (bicyclic) bond motifs is 1. The summed E-state index contributed by atoms with van der Waals surface area (Å²) in [6, 6.07) is 15.7. The van der Waals surface area contributed by atoms with E-state index in [0.29, 0.717) is 5.57 Å². The molecule has 2 aromatic rings.